The molecule has 13 heavy (non-hydrogen) atoms. The first-order chi connectivity index (χ1) is 4.43. The molecule has 0 amide bonds. The Morgan fingerprint density at radius 3 is 2.31 bits per heavy atom. The third-order valence-electron chi connectivity index (χ3n) is 1.57. The molecule has 0 aromatic rings. The van der Waals surface area contributed by atoms with Crippen molar-refractivity contribution in [2.45, 2.75) is 32.6 Å². The molecule has 1 aliphatic rings. The van der Waals surface area contributed by atoms with Crippen LogP contribution in [0.5, 0.6) is 0 Å². The van der Waals surface area contributed by atoms with Crippen LogP contribution < -0.4 is 0 Å². The van der Waals surface area contributed by atoms with E-state index in [-0.39, 0.29) is 63.1 Å². The van der Waals surface area contributed by atoms with Crippen molar-refractivity contribution in [3.8, 4) is 0 Å². The smallest absolute Gasteiger partial charge is 0 e. The normalized spacial score (nSPS) is 11.3. The summed E-state index contributed by atoms with van der Waals surface area (Å²) in [6.07, 6.45) is 12.5. The average Bonchev–Trinajstić information content (AvgIpc) is 2.34. The van der Waals surface area contributed by atoms with Crippen LogP contribution in [0.1, 0.15) is 32.6 Å². The van der Waals surface area contributed by atoms with E-state index in [2.05, 4.69) is 25.2 Å². The molecule has 1 aliphatic carbocycles. The zero-order valence-electron chi connectivity index (χ0n) is 7.71. The number of unbranched alkanes of at least 4 members (excludes halogenated alkanes) is 1. The molecular weight excluding hydrogens is 393 g/mol. The molecule has 0 spiro atoms. The minimum absolute atomic E-state index is 0. The Bertz CT molecular complexity index is 144. The van der Waals surface area contributed by atoms with Gasteiger partial charge in [-0.15, -0.1) is 43.6 Å². The number of hydrogen-bond donors (Lipinski definition) is 0. The summed E-state index contributed by atoms with van der Waals surface area (Å²) in [6, 6.07) is 0. The SMILES string of the molecule is CCCCC1=[C-]CC=C1.Cl.Cl.Cl.[Hf]. The average molecular weight is 409 g/mol. The Kier molecular flexibility index (Phi) is 28.7. The number of rotatable bonds is 3. The maximum absolute atomic E-state index is 3.30. The van der Waals surface area contributed by atoms with Gasteiger partial charge in [0, 0.05) is 25.8 Å². The minimum atomic E-state index is 0. The fourth-order valence-electron chi connectivity index (χ4n) is 0.989. The first-order valence-electron chi connectivity index (χ1n) is 3.69. The second-order valence-electron chi connectivity index (χ2n) is 2.41. The summed E-state index contributed by atoms with van der Waals surface area (Å²) in [5.74, 6) is 0. The number of hydrogen-bond acceptors (Lipinski definition) is 0. The summed E-state index contributed by atoms with van der Waals surface area (Å²) in [5.41, 5.74) is 1.41. The molecule has 78 valence electrons. The van der Waals surface area contributed by atoms with Crippen LogP contribution in [-0.4, -0.2) is 0 Å². The van der Waals surface area contributed by atoms with E-state index < -0.39 is 0 Å². The Balaban J connectivity index is -0.000000101. The summed E-state index contributed by atoms with van der Waals surface area (Å²) >= 11 is 0. The van der Waals surface area contributed by atoms with Gasteiger partial charge in [0.05, 0.1) is 0 Å². The molecule has 0 N–H and O–H groups in total. The molecule has 1 rings (SSSR count). The summed E-state index contributed by atoms with van der Waals surface area (Å²) in [6.45, 7) is 2.22. The largest absolute Gasteiger partial charge is 0.269 e. The Labute approximate surface area is 119 Å². The van der Waals surface area contributed by atoms with Gasteiger partial charge in [-0.3, -0.25) is 6.08 Å². The van der Waals surface area contributed by atoms with Crippen LogP contribution in [0.4, 0.5) is 0 Å². The monoisotopic (exact) mass is 409 g/mol. The van der Waals surface area contributed by atoms with E-state index in [0.29, 0.717) is 0 Å². The van der Waals surface area contributed by atoms with Crippen molar-refractivity contribution in [3.05, 3.63) is 23.8 Å². The zero-order valence-corrected chi connectivity index (χ0v) is 13.8. The fraction of sp³-hybridized carbons (Fsp3) is 0.556. The van der Waals surface area contributed by atoms with Crippen molar-refractivity contribution >= 4 is 37.2 Å². The van der Waals surface area contributed by atoms with E-state index in [1.54, 1.807) is 0 Å². The van der Waals surface area contributed by atoms with Crippen LogP contribution in [0.3, 0.4) is 0 Å². The molecule has 0 aromatic heterocycles. The van der Waals surface area contributed by atoms with Crippen LogP contribution in [0.25, 0.3) is 0 Å². The second kappa shape index (κ2) is 15.7. The van der Waals surface area contributed by atoms with Gasteiger partial charge < -0.3 is 0 Å². The standard InChI is InChI=1S/C9H13.3ClH.Hf/c1-2-3-6-9-7-4-5-8-9;;;;/h4,7H,2-3,5-6H2,1H3;3*1H;/q-1;;;;. The van der Waals surface area contributed by atoms with E-state index in [9.17, 15) is 0 Å². The molecule has 0 unspecified atom stereocenters. The molecule has 0 nitrogen and oxygen atoms in total. The van der Waals surface area contributed by atoms with Crippen LogP contribution in [-0.2, 0) is 25.8 Å². The van der Waals surface area contributed by atoms with Gasteiger partial charge in [0.2, 0.25) is 0 Å². The van der Waals surface area contributed by atoms with Gasteiger partial charge in [0.15, 0.2) is 0 Å². The third-order valence-corrected chi connectivity index (χ3v) is 1.57. The van der Waals surface area contributed by atoms with Gasteiger partial charge in [-0.05, 0) is 0 Å². The van der Waals surface area contributed by atoms with Gasteiger partial charge >= 0.3 is 0 Å². The van der Waals surface area contributed by atoms with Crippen LogP contribution in [0, 0.1) is 6.08 Å². The molecule has 0 saturated carbocycles. The van der Waals surface area contributed by atoms with E-state index in [1.807, 2.05) is 0 Å². The minimum Gasteiger partial charge on any atom is -0.269 e. The van der Waals surface area contributed by atoms with Crippen molar-refractivity contribution < 1.29 is 25.8 Å². The molecule has 0 bridgehead atoms. The van der Waals surface area contributed by atoms with Crippen LogP contribution in [0.15, 0.2) is 17.7 Å². The summed E-state index contributed by atoms with van der Waals surface area (Å²) in [7, 11) is 0. The van der Waals surface area contributed by atoms with E-state index in [4.69, 9.17) is 0 Å². The summed E-state index contributed by atoms with van der Waals surface area (Å²) < 4.78 is 0. The topological polar surface area (TPSA) is 0 Å². The maximum Gasteiger partial charge on any atom is 0 e. The molecule has 0 saturated heterocycles. The van der Waals surface area contributed by atoms with Crippen LogP contribution >= 0.6 is 37.2 Å². The molecule has 4 heteroatoms. The van der Waals surface area contributed by atoms with Crippen molar-refractivity contribution in [2.75, 3.05) is 0 Å². The van der Waals surface area contributed by atoms with Crippen LogP contribution in [0.2, 0.25) is 0 Å². The predicted molar refractivity (Wildman–Crippen MR) is 61.8 cm³/mol. The molecule has 0 fully saturated rings. The van der Waals surface area contributed by atoms with Crippen molar-refractivity contribution in [2.24, 2.45) is 0 Å². The molecule has 0 heterocycles. The van der Waals surface area contributed by atoms with Gasteiger partial charge in [-0.1, -0.05) is 26.2 Å². The molecule has 0 radical (unpaired) electrons. The quantitative estimate of drug-likeness (QED) is 0.486. The molecule has 0 aromatic carbocycles. The predicted octanol–water partition coefficient (Wildman–Crippen LogP) is 4.13. The fourth-order valence-corrected chi connectivity index (χ4v) is 0.989. The number of halogens is 3. The molecule has 0 aliphatic heterocycles. The molecular formula is C9H16Cl3Hf-. The summed E-state index contributed by atoms with van der Waals surface area (Å²) in [4.78, 5) is 0. The Hall–Kier alpha value is 1.22. The maximum atomic E-state index is 3.30. The van der Waals surface area contributed by atoms with Crippen molar-refractivity contribution in [1.29, 1.82) is 0 Å². The number of allylic oxidation sites excluding steroid dienone is 4. The van der Waals surface area contributed by atoms with E-state index in [1.165, 1.54) is 24.8 Å². The Morgan fingerprint density at radius 1 is 1.31 bits per heavy atom. The van der Waals surface area contributed by atoms with E-state index in [0.717, 1.165) is 6.42 Å². The van der Waals surface area contributed by atoms with Gasteiger partial charge in [0.1, 0.15) is 0 Å². The second-order valence-corrected chi connectivity index (χ2v) is 2.41. The van der Waals surface area contributed by atoms with Crippen molar-refractivity contribution in [1.82, 2.24) is 0 Å². The third kappa shape index (κ3) is 11.1. The molecule has 0 atom stereocenters. The Morgan fingerprint density at radius 2 is 1.92 bits per heavy atom. The van der Waals surface area contributed by atoms with Gasteiger partial charge in [-0.25, -0.2) is 11.6 Å². The van der Waals surface area contributed by atoms with Gasteiger partial charge in [0.25, 0.3) is 0 Å². The summed E-state index contributed by atoms with van der Waals surface area (Å²) in [5, 5.41) is 0. The zero-order chi connectivity index (χ0) is 6.53. The van der Waals surface area contributed by atoms with Gasteiger partial charge in [-0.2, -0.15) is 6.08 Å². The van der Waals surface area contributed by atoms with E-state index >= 15 is 0 Å². The first kappa shape index (κ1) is 23.8. The first-order valence-corrected chi connectivity index (χ1v) is 3.69. The van der Waals surface area contributed by atoms with Crippen molar-refractivity contribution in [3.63, 3.8) is 0 Å².